The molecule has 0 unspecified atom stereocenters. The van der Waals surface area contributed by atoms with Crippen molar-refractivity contribution in [2.45, 2.75) is 20.8 Å². The van der Waals surface area contributed by atoms with E-state index in [0.717, 1.165) is 0 Å². The number of carbonyl (C=O) groups excluding carboxylic acids is 1. The molecule has 15 heavy (non-hydrogen) atoms. The Morgan fingerprint density at radius 3 is 2.53 bits per heavy atom. The summed E-state index contributed by atoms with van der Waals surface area (Å²) in [7, 11) is 1.70. The van der Waals surface area contributed by atoms with Gasteiger partial charge >= 0.3 is 6.03 Å². The van der Waals surface area contributed by atoms with Crippen molar-refractivity contribution in [2.75, 3.05) is 20.1 Å². The van der Waals surface area contributed by atoms with Gasteiger partial charge in [0.2, 0.25) is 0 Å². The van der Waals surface area contributed by atoms with Gasteiger partial charge in [-0.3, -0.25) is 0 Å². The molecule has 0 atom stereocenters. The molecule has 0 aliphatic carbocycles. The summed E-state index contributed by atoms with van der Waals surface area (Å²) in [4.78, 5) is 12.9. The fourth-order valence-electron chi connectivity index (χ4n) is 0.801. The van der Waals surface area contributed by atoms with Crippen molar-refractivity contribution >= 4 is 11.9 Å². The van der Waals surface area contributed by atoms with E-state index < -0.39 is 5.41 Å². The maximum atomic E-state index is 11.4. The number of hydrogen-bond donors (Lipinski definition) is 3. The second kappa shape index (κ2) is 5.43. The molecule has 0 rings (SSSR count). The Kier molecular flexibility index (Phi) is 4.90. The summed E-state index contributed by atoms with van der Waals surface area (Å²) in [5.74, 6) is 0.0990. The van der Waals surface area contributed by atoms with E-state index >= 15 is 0 Å². The Labute approximate surface area is 90.1 Å². The third-order valence-corrected chi connectivity index (χ3v) is 2.30. The molecule has 6 nitrogen and oxygen atoms in total. The minimum Gasteiger partial charge on any atom is -0.409 e. The maximum Gasteiger partial charge on any atom is 0.317 e. The van der Waals surface area contributed by atoms with Crippen LogP contribution in [0.15, 0.2) is 5.16 Å². The molecule has 0 radical (unpaired) electrons. The summed E-state index contributed by atoms with van der Waals surface area (Å²) in [5.41, 5.74) is 4.92. The van der Waals surface area contributed by atoms with Crippen molar-refractivity contribution in [3.63, 3.8) is 0 Å². The first-order valence-electron chi connectivity index (χ1n) is 4.82. The third-order valence-electron chi connectivity index (χ3n) is 2.30. The van der Waals surface area contributed by atoms with Gasteiger partial charge in [-0.15, -0.1) is 0 Å². The molecule has 0 fully saturated rings. The monoisotopic (exact) mass is 216 g/mol. The van der Waals surface area contributed by atoms with Crippen molar-refractivity contribution in [1.82, 2.24) is 10.2 Å². The lowest BCUT2D eigenvalue weighted by atomic mass is 9.92. The first kappa shape index (κ1) is 13.5. The van der Waals surface area contributed by atoms with E-state index in [2.05, 4.69) is 10.5 Å². The fraction of sp³-hybridized carbons (Fsp3) is 0.778. The van der Waals surface area contributed by atoms with E-state index in [1.807, 2.05) is 6.92 Å². The van der Waals surface area contributed by atoms with Crippen molar-refractivity contribution < 1.29 is 10.0 Å². The predicted octanol–water partition coefficient (Wildman–Crippen LogP) is 0.420. The molecule has 0 aromatic rings. The number of nitrogens with zero attached hydrogens (tertiary/aromatic N) is 2. The second-order valence-corrected chi connectivity index (χ2v) is 4.04. The molecule has 88 valence electrons. The average Bonchev–Trinajstić information content (AvgIpc) is 2.23. The predicted molar refractivity (Wildman–Crippen MR) is 58.9 cm³/mol. The van der Waals surface area contributed by atoms with Crippen LogP contribution in [0, 0.1) is 5.41 Å². The van der Waals surface area contributed by atoms with Gasteiger partial charge in [-0.05, 0) is 6.92 Å². The van der Waals surface area contributed by atoms with Crippen LogP contribution in [0.4, 0.5) is 4.79 Å². The van der Waals surface area contributed by atoms with Gasteiger partial charge < -0.3 is 21.2 Å². The van der Waals surface area contributed by atoms with E-state index in [4.69, 9.17) is 10.9 Å². The summed E-state index contributed by atoms with van der Waals surface area (Å²) in [6.45, 7) is 6.42. The number of amidine groups is 1. The van der Waals surface area contributed by atoms with Crippen molar-refractivity contribution in [3.05, 3.63) is 0 Å². The summed E-state index contributed by atoms with van der Waals surface area (Å²) < 4.78 is 0. The van der Waals surface area contributed by atoms with Crippen LogP contribution in [-0.4, -0.2) is 42.1 Å². The molecule has 4 N–H and O–H groups in total. The molecular weight excluding hydrogens is 196 g/mol. The highest BCUT2D eigenvalue weighted by molar-refractivity contribution is 5.86. The van der Waals surface area contributed by atoms with Crippen LogP contribution in [0.2, 0.25) is 0 Å². The molecular formula is C9H20N4O2. The van der Waals surface area contributed by atoms with Crippen LogP contribution < -0.4 is 11.1 Å². The van der Waals surface area contributed by atoms with Gasteiger partial charge in [-0.2, -0.15) is 0 Å². The van der Waals surface area contributed by atoms with Crippen LogP contribution in [0.1, 0.15) is 20.8 Å². The van der Waals surface area contributed by atoms with Gasteiger partial charge in [-0.1, -0.05) is 19.0 Å². The molecule has 0 bridgehead atoms. The molecule has 2 amide bonds. The van der Waals surface area contributed by atoms with Gasteiger partial charge in [0.15, 0.2) is 0 Å². The van der Waals surface area contributed by atoms with Gasteiger partial charge in [0.25, 0.3) is 0 Å². The molecule has 0 saturated heterocycles. The number of nitrogens with two attached hydrogens (primary N) is 1. The van der Waals surface area contributed by atoms with E-state index in [1.54, 1.807) is 25.8 Å². The second-order valence-electron chi connectivity index (χ2n) is 4.04. The minimum atomic E-state index is -0.557. The number of oxime groups is 1. The topological polar surface area (TPSA) is 91.0 Å². The highest BCUT2D eigenvalue weighted by Gasteiger charge is 2.24. The number of amides is 2. The normalized spacial score (nSPS) is 12.4. The minimum absolute atomic E-state index is 0.0990. The zero-order valence-corrected chi connectivity index (χ0v) is 9.74. The first-order chi connectivity index (χ1) is 6.85. The van der Waals surface area contributed by atoms with Crippen molar-refractivity contribution in [3.8, 4) is 0 Å². The van der Waals surface area contributed by atoms with Crippen LogP contribution >= 0.6 is 0 Å². The number of carbonyl (C=O) groups is 1. The fourth-order valence-corrected chi connectivity index (χ4v) is 0.801. The summed E-state index contributed by atoms with van der Waals surface area (Å²) in [6, 6.07) is -0.170. The lowest BCUT2D eigenvalue weighted by Gasteiger charge is -2.25. The number of nitrogens with one attached hydrogen (secondary N) is 1. The van der Waals surface area contributed by atoms with E-state index in [-0.39, 0.29) is 11.9 Å². The standard InChI is InChI=1S/C9H20N4O2/c1-5-13(4)8(14)11-6-9(2,3)7(10)12-15/h15H,5-6H2,1-4H3,(H2,10,12)(H,11,14). The molecule has 0 heterocycles. The Balaban J connectivity index is 4.21. The molecule has 0 aliphatic heterocycles. The van der Waals surface area contributed by atoms with Gasteiger partial charge in [0.1, 0.15) is 5.84 Å². The van der Waals surface area contributed by atoms with Crippen LogP contribution in [0.25, 0.3) is 0 Å². The van der Waals surface area contributed by atoms with E-state index in [0.29, 0.717) is 13.1 Å². The molecule has 0 aromatic heterocycles. The summed E-state index contributed by atoms with van der Waals surface area (Å²) >= 11 is 0. The number of rotatable bonds is 4. The molecule has 0 aromatic carbocycles. The quantitative estimate of drug-likeness (QED) is 0.275. The Hall–Kier alpha value is -1.46. The van der Waals surface area contributed by atoms with Crippen molar-refractivity contribution in [1.29, 1.82) is 0 Å². The molecule has 0 aliphatic rings. The van der Waals surface area contributed by atoms with Gasteiger partial charge in [-0.25, -0.2) is 4.79 Å². The summed E-state index contributed by atoms with van der Waals surface area (Å²) in [5, 5.41) is 14.2. The highest BCUT2D eigenvalue weighted by Crippen LogP contribution is 2.13. The average molecular weight is 216 g/mol. The molecule has 6 heteroatoms. The smallest absolute Gasteiger partial charge is 0.317 e. The Bertz CT molecular complexity index is 250. The van der Waals surface area contributed by atoms with Crippen LogP contribution in [0.3, 0.4) is 0 Å². The zero-order valence-electron chi connectivity index (χ0n) is 9.74. The molecule has 0 spiro atoms. The van der Waals surface area contributed by atoms with Crippen LogP contribution in [-0.2, 0) is 0 Å². The lowest BCUT2D eigenvalue weighted by molar-refractivity contribution is 0.208. The molecule has 0 saturated carbocycles. The Morgan fingerprint density at radius 2 is 2.13 bits per heavy atom. The van der Waals surface area contributed by atoms with Crippen molar-refractivity contribution in [2.24, 2.45) is 16.3 Å². The summed E-state index contributed by atoms with van der Waals surface area (Å²) in [6.07, 6.45) is 0. The Morgan fingerprint density at radius 1 is 1.60 bits per heavy atom. The largest absolute Gasteiger partial charge is 0.409 e. The van der Waals surface area contributed by atoms with Gasteiger partial charge in [0, 0.05) is 25.6 Å². The number of hydrogen-bond acceptors (Lipinski definition) is 3. The third kappa shape index (κ3) is 4.05. The zero-order chi connectivity index (χ0) is 12.1. The lowest BCUT2D eigenvalue weighted by Crippen LogP contribution is -2.46. The maximum absolute atomic E-state index is 11.4. The van der Waals surface area contributed by atoms with Crippen LogP contribution in [0.5, 0.6) is 0 Å². The van der Waals surface area contributed by atoms with Gasteiger partial charge in [0.05, 0.1) is 0 Å². The highest BCUT2D eigenvalue weighted by atomic mass is 16.4. The van der Waals surface area contributed by atoms with E-state index in [1.165, 1.54) is 0 Å². The number of urea groups is 1. The first-order valence-corrected chi connectivity index (χ1v) is 4.82. The van der Waals surface area contributed by atoms with E-state index in [9.17, 15) is 4.79 Å². The SMILES string of the molecule is CCN(C)C(=O)NCC(C)(C)C(N)=NO.